The summed E-state index contributed by atoms with van der Waals surface area (Å²) < 4.78 is 11.1. The van der Waals surface area contributed by atoms with Gasteiger partial charge in [0.1, 0.15) is 0 Å². The van der Waals surface area contributed by atoms with E-state index in [2.05, 4.69) is 10.6 Å². The third-order valence-corrected chi connectivity index (χ3v) is 4.88. The molecule has 166 valence electrons. The zero-order chi connectivity index (χ0) is 22.5. The molecular formula is C20H30N4O4S2. The molecule has 0 saturated heterocycles. The summed E-state index contributed by atoms with van der Waals surface area (Å²) >= 11 is 10.4. The largest absolute Gasteiger partial charge is 0.480 e. The van der Waals surface area contributed by atoms with E-state index >= 15 is 0 Å². The lowest BCUT2D eigenvalue weighted by atomic mass is 10.3. The summed E-state index contributed by atoms with van der Waals surface area (Å²) in [6.45, 7) is 10.2. The lowest BCUT2D eigenvalue weighted by Gasteiger charge is -2.22. The van der Waals surface area contributed by atoms with Gasteiger partial charge in [0.05, 0.1) is 0 Å². The van der Waals surface area contributed by atoms with Crippen molar-refractivity contribution in [1.82, 2.24) is 20.4 Å². The van der Waals surface area contributed by atoms with Crippen LogP contribution in [-0.2, 0) is 9.59 Å². The molecule has 0 bridgehead atoms. The molecule has 0 spiro atoms. The van der Waals surface area contributed by atoms with Crippen LogP contribution < -0.4 is 20.1 Å². The molecule has 0 unspecified atom stereocenters. The molecule has 1 aromatic carbocycles. The Balaban J connectivity index is 2.58. The molecule has 0 heterocycles. The van der Waals surface area contributed by atoms with Gasteiger partial charge in [-0.15, -0.1) is 0 Å². The number of thiocarbonyl (C=S) groups is 2. The number of nitrogens with zero attached hydrogens (tertiary/aromatic N) is 2. The van der Waals surface area contributed by atoms with Gasteiger partial charge in [0.15, 0.2) is 34.9 Å². The molecule has 8 nitrogen and oxygen atoms in total. The van der Waals surface area contributed by atoms with Crippen LogP contribution in [-0.4, -0.2) is 71.2 Å². The van der Waals surface area contributed by atoms with Crippen molar-refractivity contribution in [1.29, 1.82) is 0 Å². The summed E-state index contributed by atoms with van der Waals surface area (Å²) in [4.78, 5) is 27.9. The molecule has 0 aromatic heterocycles. The maximum Gasteiger partial charge on any atom is 0.264 e. The van der Waals surface area contributed by atoms with Crippen molar-refractivity contribution in [2.24, 2.45) is 0 Å². The average molecular weight is 455 g/mol. The maximum atomic E-state index is 12.1. The first-order valence-corrected chi connectivity index (χ1v) is 10.7. The predicted molar refractivity (Wildman–Crippen MR) is 125 cm³/mol. The minimum absolute atomic E-state index is 0.236. The first-order chi connectivity index (χ1) is 14.4. The van der Waals surface area contributed by atoms with Gasteiger partial charge in [0.25, 0.3) is 11.8 Å². The number of rotatable bonds is 10. The lowest BCUT2D eigenvalue weighted by Crippen LogP contribution is -2.44. The van der Waals surface area contributed by atoms with Gasteiger partial charge in [0, 0.05) is 26.2 Å². The summed E-state index contributed by atoms with van der Waals surface area (Å²) in [5.41, 5.74) is 0. The summed E-state index contributed by atoms with van der Waals surface area (Å²) in [7, 11) is 0. The van der Waals surface area contributed by atoms with Gasteiger partial charge in [-0.2, -0.15) is 0 Å². The number of hydrogen-bond acceptors (Lipinski definition) is 6. The van der Waals surface area contributed by atoms with Gasteiger partial charge in [-0.3, -0.25) is 9.59 Å². The van der Waals surface area contributed by atoms with E-state index in [1.165, 1.54) is 0 Å². The highest BCUT2D eigenvalue weighted by atomic mass is 32.1. The van der Waals surface area contributed by atoms with Crippen LogP contribution in [0.2, 0.25) is 0 Å². The molecule has 0 aliphatic rings. The highest BCUT2D eigenvalue weighted by Gasteiger charge is 2.14. The van der Waals surface area contributed by atoms with Crippen LogP contribution in [0.3, 0.4) is 0 Å². The second kappa shape index (κ2) is 13.7. The highest BCUT2D eigenvalue weighted by molar-refractivity contribution is 7.80. The average Bonchev–Trinajstić information content (AvgIpc) is 2.73. The molecule has 0 radical (unpaired) electrons. The Bertz CT molecular complexity index is 676. The molecular weight excluding hydrogens is 424 g/mol. The Hall–Kier alpha value is -2.46. The molecule has 0 aliphatic carbocycles. The summed E-state index contributed by atoms with van der Waals surface area (Å²) in [6.07, 6.45) is 0. The van der Waals surface area contributed by atoms with Gasteiger partial charge in [0.2, 0.25) is 0 Å². The minimum Gasteiger partial charge on any atom is -0.480 e. The van der Waals surface area contributed by atoms with Crippen molar-refractivity contribution in [2.75, 3.05) is 39.4 Å². The highest BCUT2D eigenvalue weighted by Crippen LogP contribution is 2.26. The van der Waals surface area contributed by atoms with Crippen molar-refractivity contribution in [3.63, 3.8) is 0 Å². The van der Waals surface area contributed by atoms with E-state index in [0.29, 0.717) is 47.9 Å². The number of benzene rings is 1. The number of hydrogen-bond donors (Lipinski definition) is 2. The van der Waals surface area contributed by atoms with Crippen molar-refractivity contribution >= 4 is 46.5 Å². The number of ether oxygens (including phenoxy) is 2. The Morgan fingerprint density at radius 3 is 1.40 bits per heavy atom. The molecule has 1 aromatic rings. The number of carbonyl (C=O) groups is 2. The van der Waals surface area contributed by atoms with E-state index in [0.717, 1.165) is 0 Å². The predicted octanol–water partition coefficient (Wildman–Crippen LogP) is 1.93. The molecule has 0 saturated carbocycles. The fourth-order valence-electron chi connectivity index (χ4n) is 2.47. The summed E-state index contributed by atoms with van der Waals surface area (Å²) in [5.74, 6) is -0.0471. The molecule has 10 heteroatoms. The van der Waals surface area contributed by atoms with Crippen molar-refractivity contribution < 1.29 is 19.1 Å². The Morgan fingerprint density at radius 1 is 0.767 bits per heavy atom. The zero-order valence-corrected chi connectivity index (χ0v) is 19.5. The van der Waals surface area contributed by atoms with Crippen LogP contribution in [0.1, 0.15) is 27.7 Å². The van der Waals surface area contributed by atoms with E-state index in [9.17, 15) is 9.59 Å². The standard InChI is InChI=1S/C20H30N4O4S2/c1-5-23(6-2)19(29)21-17(25)13-27-15-11-9-10-12-16(15)28-14-18(26)22-20(30)24(7-3)8-4/h9-12H,5-8,13-14H2,1-4H3,(H,21,25,29)(H,22,26,30). The van der Waals surface area contributed by atoms with E-state index in [1.54, 1.807) is 24.3 Å². The molecule has 0 fully saturated rings. The molecule has 2 N–H and O–H groups in total. The van der Waals surface area contributed by atoms with Crippen LogP contribution in [0.5, 0.6) is 11.5 Å². The lowest BCUT2D eigenvalue weighted by molar-refractivity contribution is -0.123. The quantitative estimate of drug-likeness (QED) is 0.519. The van der Waals surface area contributed by atoms with E-state index in [1.807, 2.05) is 37.5 Å². The van der Waals surface area contributed by atoms with Crippen LogP contribution in [0.15, 0.2) is 24.3 Å². The second-order valence-corrected chi connectivity index (χ2v) is 6.85. The Morgan fingerprint density at radius 2 is 1.10 bits per heavy atom. The van der Waals surface area contributed by atoms with Gasteiger partial charge >= 0.3 is 0 Å². The van der Waals surface area contributed by atoms with Crippen molar-refractivity contribution in [3.8, 4) is 11.5 Å². The first kappa shape index (κ1) is 25.6. The Labute approximate surface area is 188 Å². The number of carbonyl (C=O) groups excluding carboxylic acids is 2. The number of amides is 2. The normalized spacial score (nSPS) is 10.0. The monoisotopic (exact) mass is 454 g/mol. The van der Waals surface area contributed by atoms with Gasteiger partial charge in [-0.1, -0.05) is 12.1 Å². The van der Waals surface area contributed by atoms with Gasteiger partial charge < -0.3 is 29.9 Å². The Kier molecular flexibility index (Phi) is 11.7. The van der Waals surface area contributed by atoms with Gasteiger partial charge in [-0.05, 0) is 64.3 Å². The number of nitrogens with one attached hydrogen (secondary N) is 2. The number of para-hydroxylation sites is 2. The third-order valence-electron chi connectivity index (χ3n) is 4.16. The van der Waals surface area contributed by atoms with Crippen molar-refractivity contribution in [3.05, 3.63) is 24.3 Å². The van der Waals surface area contributed by atoms with Crippen LogP contribution in [0.4, 0.5) is 0 Å². The van der Waals surface area contributed by atoms with Crippen molar-refractivity contribution in [2.45, 2.75) is 27.7 Å². The van der Waals surface area contributed by atoms with Crippen LogP contribution in [0, 0.1) is 0 Å². The smallest absolute Gasteiger partial charge is 0.264 e. The second-order valence-electron chi connectivity index (χ2n) is 6.08. The molecule has 0 aliphatic heterocycles. The fourth-order valence-corrected chi connectivity index (χ4v) is 3.21. The molecule has 0 atom stereocenters. The topological polar surface area (TPSA) is 83.1 Å². The van der Waals surface area contributed by atoms with Crippen LogP contribution >= 0.6 is 24.4 Å². The van der Waals surface area contributed by atoms with Gasteiger partial charge in [-0.25, -0.2) is 0 Å². The SMILES string of the molecule is CCN(CC)C(=S)NC(=O)COc1ccccc1OCC(=O)NC(=S)N(CC)CC. The van der Waals surface area contributed by atoms with Crippen LogP contribution in [0.25, 0.3) is 0 Å². The summed E-state index contributed by atoms with van der Waals surface area (Å²) in [5, 5.41) is 5.99. The fraction of sp³-hybridized carbons (Fsp3) is 0.500. The summed E-state index contributed by atoms with van der Waals surface area (Å²) in [6, 6.07) is 6.81. The molecule has 2 amide bonds. The maximum absolute atomic E-state index is 12.1. The third kappa shape index (κ3) is 8.50. The van der Waals surface area contributed by atoms with E-state index < -0.39 is 0 Å². The molecule has 30 heavy (non-hydrogen) atoms. The first-order valence-electron chi connectivity index (χ1n) is 9.88. The minimum atomic E-state index is -0.371. The molecule has 1 rings (SSSR count). The van der Waals surface area contributed by atoms with E-state index in [4.69, 9.17) is 33.9 Å². The zero-order valence-electron chi connectivity index (χ0n) is 17.9. The van der Waals surface area contributed by atoms with E-state index in [-0.39, 0.29) is 25.0 Å².